The van der Waals surface area contributed by atoms with Gasteiger partial charge in [0.15, 0.2) is 0 Å². The Morgan fingerprint density at radius 1 is 1.13 bits per heavy atom. The Balaban J connectivity index is 2.93. The van der Waals surface area contributed by atoms with Gasteiger partial charge in [-0.2, -0.15) is 0 Å². The Labute approximate surface area is 106 Å². The molecule has 0 spiro atoms. The van der Waals surface area contributed by atoms with Gasteiger partial charge in [0.05, 0.1) is 10.7 Å². The van der Waals surface area contributed by atoms with Gasteiger partial charge in [0.1, 0.15) is 0 Å². The number of benzene rings is 1. The summed E-state index contributed by atoms with van der Waals surface area (Å²) < 4.78 is 0. The molecule has 0 fully saturated rings. The molecule has 0 aromatic heterocycles. The molecule has 0 amide bonds. The summed E-state index contributed by atoms with van der Waals surface area (Å²) in [4.78, 5) is 2.11. The van der Waals surface area contributed by atoms with Gasteiger partial charge in [0, 0.05) is 24.8 Å². The van der Waals surface area contributed by atoms with Crippen molar-refractivity contribution in [3.05, 3.63) is 28.8 Å². The maximum absolute atomic E-state index is 6.13. The summed E-state index contributed by atoms with van der Waals surface area (Å²) in [5, 5.41) is 0.746. The number of anilines is 1. The number of halogens is 3. The van der Waals surface area contributed by atoms with Crippen LogP contribution in [0.15, 0.2) is 18.2 Å². The van der Waals surface area contributed by atoms with E-state index < -0.39 is 0 Å². The molecule has 0 N–H and O–H groups in total. The lowest BCUT2D eigenvalue weighted by Gasteiger charge is -2.24. The summed E-state index contributed by atoms with van der Waals surface area (Å²) in [5.41, 5.74) is 2.20. The number of hydrogen-bond acceptors (Lipinski definition) is 1. The lowest BCUT2D eigenvalue weighted by molar-refractivity contribution is 0.873. The predicted molar refractivity (Wildman–Crippen MR) is 69.8 cm³/mol. The van der Waals surface area contributed by atoms with Crippen LogP contribution in [-0.4, -0.2) is 24.8 Å². The SMILES string of the molecule is Cc1ccc(Cl)c(N(CCCl)CCCl)c1. The normalized spacial score (nSPS) is 10.4. The summed E-state index contributed by atoms with van der Waals surface area (Å²) in [6, 6.07) is 5.95. The van der Waals surface area contributed by atoms with Crippen LogP contribution >= 0.6 is 34.8 Å². The summed E-state index contributed by atoms with van der Waals surface area (Å²) in [7, 11) is 0. The summed E-state index contributed by atoms with van der Waals surface area (Å²) in [6.07, 6.45) is 0. The smallest absolute Gasteiger partial charge is 0.0639 e. The van der Waals surface area contributed by atoms with E-state index in [0.717, 1.165) is 23.8 Å². The van der Waals surface area contributed by atoms with Gasteiger partial charge in [-0.3, -0.25) is 0 Å². The van der Waals surface area contributed by atoms with Gasteiger partial charge in [-0.05, 0) is 24.6 Å². The van der Waals surface area contributed by atoms with E-state index in [0.29, 0.717) is 11.8 Å². The van der Waals surface area contributed by atoms with Gasteiger partial charge in [-0.25, -0.2) is 0 Å². The second-order valence-electron chi connectivity index (χ2n) is 3.32. The topological polar surface area (TPSA) is 3.24 Å². The molecule has 4 heteroatoms. The Morgan fingerprint density at radius 3 is 2.27 bits per heavy atom. The number of alkyl halides is 2. The van der Waals surface area contributed by atoms with Crippen molar-refractivity contribution < 1.29 is 0 Å². The van der Waals surface area contributed by atoms with E-state index in [9.17, 15) is 0 Å². The molecule has 1 aromatic carbocycles. The Hall–Kier alpha value is -0.110. The molecule has 15 heavy (non-hydrogen) atoms. The highest BCUT2D eigenvalue weighted by molar-refractivity contribution is 6.33. The first-order valence-electron chi connectivity index (χ1n) is 4.82. The fraction of sp³-hybridized carbons (Fsp3) is 0.455. The zero-order valence-electron chi connectivity index (χ0n) is 8.64. The van der Waals surface area contributed by atoms with E-state index in [4.69, 9.17) is 34.8 Å². The lowest BCUT2D eigenvalue weighted by atomic mass is 10.2. The molecular weight excluding hydrogens is 252 g/mol. The quantitative estimate of drug-likeness (QED) is 0.730. The number of aryl methyl sites for hydroxylation is 1. The zero-order valence-corrected chi connectivity index (χ0v) is 10.9. The van der Waals surface area contributed by atoms with Crippen LogP contribution in [0.4, 0.5) is 5.69 Å². The van der Waals surface area contributed by atoms with Gasteiger partial charge < -0.3 is 4.90 Å². The predicted octanol–water partition coefficient (Wildman–Crippen LogP) is 3.93. The monoisotopic (exact) mass is 265 g/mol. The molecule has 0 heterocycles. The third-order valence-electron chi connectivity index (χ3n) is 2.15. The highest BCUT2D eigenvalue weighted by atomic mass is 35.5. The molecule has 0 atom stereocenters. The average Bonchev–Trinajstić information content (AvgIpc) is 2.21. The minimum atomic E-state index is 0.571. The van der Waals surface area contributed by atoms with Crippen LogP contribution in [0.25, 0.3) is 0 Å². The van der Waals surface area contributed by atoms with Crippen LogP contribution < -0.4 is 4.90 Å². The van der Waals surface area contributed by atoms with E-state index >= 15 is 0 Å². The van der Waals surface area contributed by atoms with Crippen molar-refractivity contribution in [1.82, 2.24) is 0 Å². The van der Waals surface area contributed by atoms with Crippen molar-refractivity contribution in [3.8, 4) is 0 Å². The van der Waals surface area contributed by atoms with Gasteiger partial charge >= 0.3 is 0 Å². The first kappa shape index (κ1) is 13.0. The molecule has 1 rings (SSSR count). The summed E-state index contributed by atoms with van der Waals surface area (Å²) in [6.45, 7) is 3.56. The van der Waals surface area contributed by atoms with E-state index in [1.54, 1.807) is 0 Å². The zero-order chi connectivity index (χ0) is 11.3. The molecule has 84 valence electrons. The largest absolute Gasteiger partial charge is 0.368 e. The van der Waals surface area contributed by atoms with Crippen molar-refractivity contribution in [1.29, 1.82) is 0 Å². The van der Waals surface area contributed by atoms with Crippen LogP contribution in [-0.2, 0) is 0 Å². The van der Waals surface area contributed by atoms with Crippen molar-refractivity contribution in [2.24, 2.45) is 0 Å². The van der Waals surface area contributed by atoms with Gasteiger partial charge in [-0.1, -0.05) is 17.7 Å². The van der Waals surface area contributed by atoms with Gasteiger partial charge in [0.2, 0.25) is 0 Å². The van der Waals surface area contributed by atoms with E-state index in [2.05, 4.69) is 11.0 Å². The first-order valence-corrected chi connectivity index (χ1v) is 6.26. The molecule has 0 bridgehead atoms. The Morgan fingerprint density at radius 2 is 1.73 bits per heavy atom. The summed E-state index contributed by atoms with van der Waals surface area (Å²) in [5.74, 6) is 1.14. The van der Waals surface area contributed by atoms with Crippen molar-refractivity contribution in [2.45, 2.75) is 6.92 Å². The molecule has 0 aliphatic rings. The van der Waals surface area contributed by atoms with Crippen molar-refractivity contribution >= 4 is 40.5 Å². The minimum absolute atomic E-state index is 0.571. The maximum atomic E-state index is 6.13. The van der Waals surface area contributed by atoms with Crippen LogP contribution in [0, 0.1) is 6.92 Å². The Kier molecular flexibility index (Phi) is 5.59. The van der Waals surface area contributed by atoms with E-state index in [1.165, 1.54) is 5.56 Å². The van der Waals surface area contributed by atoms with Gasteiger partial charge in [0.25, 0.3) is 0 Å². The Bertz CT molecular complexity index is 309. The van der Waals surface area contributed by atoms with Crippen molar-refractivity contribution in [3.63, 3.8) is 0 Å². The van der Waals surface area contributed by atoms with Crippen LogP contribution in [0.5, 0.6) is 0 Å². The molecule has 0 aliphatic carbocycles. The standard InChI is InChI=1S/C11H14Cl3N/c1-9-2-3-10(14)11(8-9)15(6-4-12)7-5-13/h2-3,8H,4-7H2,1H3. The van der Waals surface area contributed by atoms with Crippen LogP contribution in [0.1, 0.15) is 5.56 Å². The minimum Gasteiger partial charge on any atom is -0.368 e. The molecule has 0 aliphatic heterocycles. The third-order valence-corrected chi connectivity index (χ3v) is 2.81. The molecular formula is C11H14Cl3N. The van der Waals surface area contributed by atoms with Gasteiger partial charge in [-0.15, -0.1) is 23.2 Å². The number of hydrogen-bond donors (Lipinski definition) is 0. The highest BCUT2D eigenvalue weighted by Crippen LogP contribution is 2.26. The third kappa shape index (κ3) is 3.75. The molecule has 0 saturated heterocycles. The first-order chi connectivity index (χ1) is 7.19. The number of nitrogens with zero attached hydrogens (tertiary/aromatic N) is 1. The fourth-order valence-corrected chi connectivity index (χ4v) is 2.07. The molecule has 1 nitrogen and oxygen atoms in total. The molecule has 1 aromatic rings. The summed E-state index contributed by atoms with van der Waals surface area (Å²) >= 11 is 17.6. The average molecular weight is 267 g/mol. The second kappa shape index (κ2) is 6.47. The molecule has 0 saturated carbocycles. The second-order valence-corrected chi connectivity index (χ2v) is 4.48. The fourth-order valence-electron chi connectivity index (χ4n) is 1.42. The van der Waals surface area contributed by atoms with E-state index in [-0.39, 0.29) is 0 Å². The number of rotatable bonds is 5. The maximum Gasteiger partial charge on any atom is 0.0639 e. The lowest BCUT2D eigenvalue weighted by Crippen LogP contribution is -2.27. The molecule has 0 radical (unpaired) electrons. The highest BCUT2D eigenvalue weighted by Gasteiger charge is 2.09. The van der Waals surface area contributed by atoms with Crippen LogP contribution in [0.3, 0.4) is 0 Å². The molecule has 0 unspecified atom stereocenters. The van der Waals surface area contributed by atoms with Crippen LogP contribution in [0.2, 0.25) is 5.02 Å². The van der Waals surface area contributed by atoms with Crippen molar-refractivity contribution in [2.75, 3.05) is 29.7 Å². The van der Waals surface area contributed by atoms with E-state index in [1.807, 2.05) is 19.1 Å².